The zero-order valence-corrected chi connectivity index (χ0v) is 11.6. The minimum Gasteiger partial charge on any atom is -0.345 e. The molecule has 0 fully saturated rings. The van der Waals surface area contributed by atoms with E-state index in [-0.39, 0.29) is 18.9 Å². The Hall–Kier alpha value is -1.96. The third-order valence-corrected chi connectivity index (χ3v) is 3.24. The van der Waals surface area contributed by atoms with E-state index in [2.05, 4.69) is 10.3 Å². The van der Waals surface area contributed by atoms with Gasteiger partial charge >= 0.3 is 0 Å². The predicted octanol–water partition coefficient (Wildman–Crippen LogP) is 1.52. The van der Waals surface area contributed by atoms with Gasteiger partial charge in [-0.25, -0.2) is 4.98 Å². The number of aryl methyl sites for hydroxylation is 2. The largest absolute Gasteiger partial charge is 0.345 e. The first kappa shape index (κ1) is 15.1. The molecule has 1 rings (SSSR count). The number of rotatable bonds is 6. The summed E-state index contributed by atoms with van der Waals surface area (Å²) in [6.07, 6.45) is -0.221. The maximum absolute atomic E-state index is 12.0. The fourth-order valence-corrected chi connectivity index (χ4v) is 2.32. The molecule has 0 radical (unpaired) electrons. The highest BCUT2D eigenvalue weighted by atomic mass is 32.1. The average molecular weight is 278 g/mol. The molecule has 0 bridgehead atoms. The van der Waals surface area contributed by atoms with E-state index in [9.17, 15) is 4.79 Å². The van der Waals surface area contributed by atoms with Crippen LogP contribution in [0.1, 0.15) is 33.7 Å². The Balaban J connectivity index is 2.67. The molecular weight excluding hydrogens is 264 g/mol. The van der Waals surface area contributed by atoms with Crippen molar-refractivity contribution < 1.29 is 9.53 Å². The molecule has 1 amide bonds. The Morgan fingerprint density at radius 1 is 1.58 bits per heavy atom. The standard InChI is InChI=1S/C12H14N4O2S/c1-3-9-11(19-8(2)15-9)12(17)16-10(7-14)18-6-4-5-13/h10H,3-4,6H2,1-2H3,(H,16,17). The van der Waals surface area contributed by atoms with Crippen LogP contribution < -0.4 is 5.32 Å². The summed E-state index contributed by atoms with van der Waals surface area (Å²) >= 11 is 1.29. The Morgan fingerprint density at radius 2 is 2.32 bits per heavy atom. The molecule has 19 heavy (non-hydrogen) atoms. The van der Waals surface area contributed by atoms with Gasteiger partial charge in [-0.05, 0) is 13.3 Å². The summed E-state index contributed by atoms with van der Waals surface area (Å²) in [5.74, 6) is -0.369. The van der Waals surface area contributed by atoms with E-state index >= 15 is 0 Å². The minimum atomic E-state index is -1.05. The maximum Gasteiger partial charge on any atom is 0.266 e. The molecule has 0 saturated heterocycles. The highest BCUT2D eigenvalue weighted by Gasteiger charge is 2.19. The molecule has 0 saturated carbocycles. The van der Waals surface area contributed by atoms with Crippen LogP contribution in [0.3, 0.4) is 0 Å². The van der Waals surface area contributed by atoms with Crippen molar-refractivity contribution in [2.45, 2.75) is 32.9 Å². The second-order valence-corrected chi connectivity index (χ2v) is 4.83. The molecule has 1 aromatic heterocycles. The lowest BCUT2D eigenvalue weighted by Gasteiger charge is -2.11. The van der Waals surface area contributed by atoms with Crippen molar-refractivity contribution in [2.24, 2.45) is 0 Å². The van der Waals surface area contributed by atoms with Gasteiger partial charge in [-0.3, -0.25) is 4.79 Å². The molecule has 7 heteroatoms. The highest BCUT2D eigenvalue weighted by molar-refractivity contribution is 7.13. The molecule has 0 aliphatic carbocycles. The van der Waals surface area contributed by atoms with Gasteiger partial charge in [0.05, 0.1) is 29.8 Å². The summed E-state index contributed by atoms with van der Waals surface area (Å²) in [7, 11) is 0. The average Bonchev–Trinajstić information content (AvgIpc) is 2.79. The lowest BCUT2D eigenvalue weighted by Crippen LogP contribution is -2.36. The van der Waals surface area contributed by atoms with Crippen molar-refractivity contribution in [2.75, 3.05) is 6.61 Å². The number of ether oxygens (including phenoxy) is 1. The van der Waals surface area contributed by atoms with Gasteiger partial charge < -0.3 is 10.1 Å². The summed E-state index contributed by atoms with van der Waals surface area (Å²) in [4.78, 5) is 16.8. The fraction of sp³-hybridized carbons (Fsp3) is 0.500. The van der Waals surface area contributed by atoms with E-state index < -0.39 is 6.23 Å². The van der Waals surface area contributed by atoms with Crippen LogP contribution in [0.5, 0.6) is 0 Å². The van der Waals surface area contributed by atoms with Crippen molar-refractivity contribution >= 4 is 17.2 Å². The smallest absolute Gasteiger partial charge is 0.266 e. The number of carbonyl (C=O) groups is 1. The van der Waals surface area contributed by atoms with E-state index in [1.807, 2.05) is 26.0 Å². The molecule has 1 N–H and O–H groups in total. The van der Waals surface area contributed by atoms with Crippen molar-refractivity contribution in [3.63, 3.8) is 0 Å². The number of hydrogen-bond donors (Lipinski definition) is 1. The van der Waals surface area contributed by atoms with Gasteiger partial charge in [0.25, 0.3) is 5.91 Å². The summed E-state index contributed by atoms with van der Waals surface area (Å²) < 4.78 is 5.07. The number of aromatic nitrogens is 1. The van der Waals surface area contributed by atoms with Crippen LogP contribution in [0.2, 0.25) is 0 Å². The van der Waals surface area contributed by atoms with Crippen molar-refractivity contribution in [3.8, 4) is 12.1 Å². The number of carbonyl (C=O) groups excluding carboxylic acids is 1. The third kappa shape index (κ3) is 4.32. The topological polar surface area (TPSA) is 98.8 Å². The van der Waals surface area contributed by atoms with Gasteiger partial charge in [0.1, 0.15) is 10.9 Å². The Bertz CT molecular complexity index is 527. The SMILES string of the molecule is CCc1nc(C)sc1C(=O)NC(C#N)OCCC#N. The van der Waals surface area contributed by atoms with Gasteiger partial charge in [-0.1, -0.05) is 6.92 Å². The quantitative estimate of drug-likeness (QED) is 0.628. The maximum atomic E-state index is 12.0. The van der Waals surface area contributed by atoms with Crippen LogP contribution in [0.15, 0.2) is 0 Å². The van der Waals surface area contributed by atoms with Crippen LogP contribution in [-0.4, -0.2) is 23.7 Å². The van der Waals surface area contributed by atoms with Gasteiger partial charge in [-0.15, -0.1) is 11.3 Å². The second-order valence-electron chi connectivity index (χ2n) is 3.62. The second kappa shape index (κ2) is 7.47. The van der Waals surface area contributed by atoms with E-state index in [0.717, 1.165) is 5.01 Å². The Morgan fingerprint density at radius 3 is 2.89 bits per heavy atom. The Kier molecular flexibility index (Phi) is 5.94. The number of hydrogen-bond acceptors (Lipinski definition) is 6. The van der Waals surface area contributed by atoms with E-state index in [1.165, 1.54) is 11.3 Å². The molecule has 0 aliphatic rings. The molecular formula is C12H14N4O2S. The van der Waals surface area contributed by atoms with Gasteiger partial charge in [0.2, 0.25) is 6.23 Å². The van der Waals surface area contributed by atoms with E-state index in [0.29, 0.717) is 17.0 Å². The number of thiazole rings is 1. The number of nitriles is 2. The van der Waals surface area contributed by atoms with Gasteiger partial charge in [0, 0.05) is 0 Å². The van der Waals surface area contributed by atoms with Gasteiger partial charge in [0.15, 0.2) is 0 Å². The molecule has 100 valence electrons. The number of amides is 1. The molecule has 1 unspecified atom stereocenters. The molecule has 0 aromatic carbocycles. The summed E-state index contributed by atoms with van der Waals surface area (Å²) in [6, 6.07) is 3.73. The summed E-state index contributed by atoms with van der Waals surface area (Å²) in [6.45, 7) is 3.85. The first-order chi connectivity index (χ1) is 9.12. The normalized spacial score (nSPS) is 11.4. The first-order valence-corrected chi connectivity index (χ1v) is 6.59. The number of nitrogens with zero attached hydrogens (tertiary/aromatic N) is 3. The fourth-order valence-electron chi connectivity index (χ4n) is 1.41. The van der Waals surface area contributed by atoms with Crippen LogP contribution in [-0.2, 0) is 11.2 Å². The number of nitrogens with one attached hydrogen (secondary N) is 1. The van der Waals surface area contributed by atoms with Crippen molar-refractivity contribution in [3.05, 3.63) is 15.6 Å². The van der Waals surface area contributed by atoms with Crippen LogP contribution in [0.25, 0.3) is 0 Å². The van der Waals surface area contributed by atoms with Crippen molar-refractivity contribution in [1.82, 2.24) is 10.3 Å². The zero-order chi connectivity index (χ0) is 14.3. The van der Waals surface area contributed by atoms with Crippen molar-refractivity contribution in [1.29, 1.82) is 10.5 Å². The zero-order valence-electron chi connectivity index (χ0n) is 10.8. The van der Waals surface area contributed by atoms with Gasteiger partial charge in [-0.2, -0.15) is 10.5 Å². The molecule has 6 nitrogen and oxygen atoms in total. The van der Waals surface area contributed by atoms with Crippen LogP contribution in [0, 0.1) is 29.6 Å². The molecule has 1 atom stereocenters. The van der Waals surface area contributed by atoms with Crippen LogP contribution >= 0.6 is 11.3 Å². The third-order valence-electron chi connectivity index (χ3n) is 2.22. The lowest BCUT2D eigenvalue weighted by molar-refractivity contribution is 0.0584. The molecule has 0 aliphatic heterocycles. The Labute approximate surface area is 115 Å². The molecule has 1 heterocycles. The van der Waals surface area contributed by atoms with E-state index in [1.54, 1.807) is 0 Å². The van der Waals surface area contributed by atoms with E-state index in [4.69, 9.17) is 15.3 Å². The predicted molar refractivity (Wildman–Crippen MR) is 69.3 cm³/mol. The monoisotopic (exact) mass is 278 g/mol. The summed E-state index contributed by atoms with van der Waals surface area (Å²) in [5.41, 5.74) is 0.716. The first-order valence-electron chi connectivity index (χ1n) is 5.77. The minimum absolute atomic E-state index is 0.108. The summed E-state index contributed by atoms with van der Waals surface area (Å²) in [5, 5.41) is 20.5. The van der Waals surface area contributed by atoms with Crippen LogP contribution in [0.4, 0.5) is 0 Å². The molecule has 1 aromatic rings. The highest BCUT2D eigenvalue weighted by Crippen LogP contribution is 2.18. The molecule has 0 spiro atoms. The lowest BCUT2D eigenvalue weighted by atomic mass is 10.3.